The van der Waals surface area contributed by atoms with Gasteiger partial charge in [0, 0.05) is 18.0 Å². The molecule has 1 heterocycles. The van der Waals surface area contributed by atoms with Gasteiger partial charge in [0.15, 0.2) is 5.84 Å². The van der Waals surface area contributed by atoms with E-state index in [1.54, 1.807) is 24.4 Å². The van der Waals surface area contributed by atoms with E-state index in [0.29, 0.717) is 12.2 Å². The topological polar surface area (TPSA) is 100 Å². The first kappa shape index (κ1) is 25.9. The molecule has 1 saturated carbocycles. The lowest BCUT2D eigenvalue weighted by molar-refractivity contribution is -0.122. The quantitative estimate of drug-likeness (QED) is 0.288. The number of hydrogen-bond acceptors (Lipinski definition) is 6. The van der Waals surface area contributed by atoms with Crippen LogP contribution in [0, 0.1) is 0 Å². The van der Waals surface area contributed by atoms with Gasteiger partial charge in [0.1, 0.15) is 10.6 Å². The molecule has 0 spiro atoms. The van der Waals surface area contributed by atoms with Crippen molar-refractivity contribution in [3.63, 3.8) is 0 Å². The highest BCUT2D eigenvalue weighted by Gasteiger charge is 2.32. The number of amidine groups is 1. The van der Waals surface area contributed by atoms with Gasteiger partial charge in [-0.25, -0.2) is 5.01 Å². The molecule has 2 aromatic carbocycles. The SMILES string of the molecule is CCCCOc1ccc(/C=N\N(CCC(=O)NC2CCCCC2)C2=NS(=O)(=O)c3ccccc32)cc1. The number of nitrogens with one attached hydrogen (secondary N) is 1. The van der Waals surface area contributed by atoms with Gasteiger partial charge in [0.05, 0.1) is 19.4 Å². The molecule has 9 heteroatoms. The lowest BCUT2D eigenvalue weighted by Gasteiger charge is -2.24. The summed E-state index contributed by atoms with van der Waals surface area (Å²) < 4.78 is 35.0. The molecule has 0 aromatic heterocycles. The second-order valence-electron chi connectivity index (χ2n) is 9.18. The number of nitrogens with zero attached hydrogens (tertiary/aromatic N) is 3. The molecule has 36 heavy (non-hydrogen) atoms. The highest BCUT2D eigenvalue weighted by molar-refractivity contribution is 7.90. The van der Waals surface area contributed by atoms with Crippen LogP contribution in [0.25, 0.3) is 0 Å². The average molecular weight is 511 g/mol. The van der Waals surface area contributed by atoms with Crippen LogP contribution in [-0.2, 0) is 14.8 Å². The van der Waals surface area contributed by atoms with Crippen LogP contribution in [0.3, 0.4) is 0 Å². The normalized spacial score (nSPS) is 17.0. The molecule has 1 N–H and O–H groups in total. The highest BCUT2D eigenvalue weighted by atomic mass is 32.2. The summed E-state index contributed by atoms with van der Waals surface area (Å²) >= 11 is 0. The van der Waals surface area contributed by atoms with Crippen LogP contribution >= 0.6 is 0 Å². The van der Waals surface area contributed by atoms with Gasteiger partial charge in [0.25, 0.3) is 10.0 Å². The van der Waals surface area contributed by atoms with Crippen molar-refractivity contribution < 1.29 is 17.9 Å². The van der Waals surface area contributed by atoms with Crippen LogP contribution in [0.2, 0.25) is 0 Å². The first-order valence-electron chi connectivity index (χ1n) is 12.7. The predicted molar refractivity (Wildman–Crippen MR) is 141 cm³/mol. The number of unbranched alkanes of at least 4 members (excludes halogenated alkanes) is 1. The van der Waals surface area contributed by atoms with E-state index >= 15 is 0 Å². The standard InChI is InChI=1S/C27H34N4O4S/c1-2-3-19-35-23-15-13-21(14-16-23)20-28-31(18-17-26(32)29-22-9-5-4-6-10-22)27-24-11-7-8-12-25(24)36(33,34)30-27/h7-8,11-16,20,22H,2-6,9-10,17-19H2,1H3,(H,29,32)/b28-20-. The van der Waals surface area contributed by atoms with Crippen molar-refractivity contribution in [3.8, 4) is 5.75 Å². The summed E-state index contributed by atoms with van der Waals surface area (Å²) in [7, 11) is -3.81. The third kappa shape index (κ3) is 6.72. The molecule has 1 fully saturated rings. The lowest BCUT2D eigenvalue weighted by atomic mass is 9.95. The van der Waals surface area contributed by atoms with E-state index in [1.165, 1.54) is 17.5 Å². The monoisotopic (exact) mass is 510 g/mol. The number of hydrazone groups is 1. The molecule has 0 radical (unpaired) electrons. The van der Waals surface area contributed by atoms with Gasteiger partial charge in [-0.15, -0.1) is 4.40 Å². The summed E-state index contributed by atoms with van der Waals surface area (Å²) in [5, 5.41) is 9.18. The molecule has 0 saturated heterocycles. The van der Waals surface area contributed by atoms with E-state index in [4.69, 9.17) is 4.74 Å². The molecule has 8 nitrogen and oxygen atoms in total. The molecule has 1 amide bonds. The number of ether oxygens (including phenoxy) is 1. The third-order valence-electron chi connectivity index (χ3n) is 6.37. The Hall–Kier alpha value is -3.20. The van der Waals surface area contributed by atoms with Crippen LogP contribution in [0.1, 0.15) is 69.4 Å². The van der Waals surface area contributed by atoms with Gasteiger partial charge >= 0.3 is 0 Å². The van der Waals surface area contributed by atoms with Crippen LogP contribution in [0.4, 0.5) is 0 Å². The van der Waals surface area contributed by atoms with Gasteiger partial charge in [-0.3, -0.25) is 4.79 Å². The summed E-state index contributed by atoms with van der Waals surface area (Å²) in [5.74, 6) is 0.953. The number of rotatable bonds is 10. The van der Waals surface area contributed by atoms with Crippen LogP contribution in [-0.4, -0.2) is 50.6 Å². The Morgan fingerprint density at radius 1 is 1.14 bits per heavy atom. The number of fused-ring (bicyclic) bond motifs is 1. The minimum absolute atomic E-state index is 0.0644. The number of amides is 1. The summed E-state index contributed by atoms with van der Waals surface area (Å²) in [4.78, 5) is 12.8. The lowest BCUT2D eigenvalue weighted by Crippen LogP contribution is -2.38. The Morgan fingerprint density at radius 3 is 2.64 bits per heavy atom. The number of sulfonamides is 1. The molecule has 0 unspecified atom stereocenters. The molecular weight excluding hydrogens is 476 g/mol. The Bertz CT molecular complexity index is 1200. The number of carbonyl (C=O) groups excluding carboxylic acids is 1. The highest BCUT2D eigenvalue weighted by Crippen LogP contribution is 2.28. The predicted octanol–water partition coefficient (Wildman–Crippen LogP) is 4.49. The molecule has 2 aromatic rings. The van der Waals surface area contributed by atoms with Crippen molar-refractivity contribution in [1.29, 1.82) is 0 Å². The van der Waals surface area contributed by atoms with Crippen LogP contribution in [0.5, 0.6) is 5.75 Å². The van der Waals surface area contributed by atoms with E-state index < -0.39 is 10.0 Å². The molecule has 4 rings (SSSR count). The maximum absolute atomic E-state index is 12.7. The molecule has 1 aliphatic heterocycles. The van der Waals surface area contributed by atoms with E-state index in [9.17, 15) is 13.2 Å². The van der Waals surface area contributed by atoms with E-state index in [-0.39, 0.29) is 35.6 Å². The first-order valence-corrected chi connectivity index (χ1v) is 14.2. The summed E-state index contributed by atoms with van der Waals surface area (Å²) in [6.07, 6.45) is 9.39. The van der Waals surface area contributed by atoms with Gasteiger partial charge in [-0.1, -0.05) is 44.7 Å². The van der Waals surface area contributed by atoms with Gasteiger partial charge < -0.3 is 10.1 Å². The number of hydrogen-bond donors (Lipinski definition) is 1. The molecule has 0 atom stereocenters. The van der Waals surface area contributed by atoms with Gasteiger partial charge in [-0.2, -0.15) is 13.5 Å². The van der Waals surface area contributed by atoms with E-state index in [2.05, 4.69) is 21.7 Å². The fourth-order valence-electron chi connectivity index (χ4n) is 4.37. The number of carbonyl (C=O) groups is 1. The molecule has 2 aliphatic rings. The van der Waals surface area contributed by atoms with Crippen molar-refractivity contribution >= 4 is 28.0 Å². The van der Waals surface area contributed by atoms with Crippen LogP contribution < -0.4 is 10.1 Å². The second kappa shape index (κ2) is 12.2. The fourth-order valence-corrected chi connectivity index (χ4v) is 5.57. The zero-order valence-corrected chi connectivity index (χ0v) is 21.5. The third-order valence-corrected chi connectivity index (χ3v) is 7.70. The fraction of sp³-hybridized carbons (Fsp3) is 0.444. The Morgan fingerprint density at radius 2 is 1.89 bits per heavy atom. The van der Waals surface area contributed by atoms with Crippen molar-refractivity contribution in [3.05, 3.63) is 59.7 Å². The van der Waals surface area contributed by atoms with Crippen molar-refractivity contribution in [2.75, 3.05) is 13.2 Å². The van der Waals surface area contributed by atoms with Crippen molar-refractivity contribution in [1.82, 2.24) is 10.3 Å². The Kier molecular flexibility index (Phi) is 8.74. The zero-order chi connectivity index (χ0) is 25.4. The maximum Gasteiger partial charge on any atom is 0.285 e. The molecule has 1 aliphatic carbocycles. The maximum atomic E-state index is 12.7. The smallest absolute Gasteiger partial charge is 0.285 e. The van der Waals surface area contributed by atoms with Crippen molar-refractivity contribution in [2.45, 2.75) is 69.2 Å². The van der Waals surface area contributed by atoms with Gasteiger partial charge in [-0.05, 0) is 61.2 Å². The molecule has 0 bridgehead atoms. The summed E-state index contributed by atoms with van der Waals surface area (Å²) in [5.41, 5.74) is 1.31. The largest absolute Gasteiger partial charge is 0.494 e. The van der Waals surface area contributed by atoms with Crippen molar-refractivity contribution in [2.24, 2.45) is 9.50 Å². The van der Waals surface area contributed by atoms with Gasteiger partial charge in [0.2, 0.25) is 5.91 Å². The summed E-state index contributed by atoms with van der Waals surface area (Å²) in [6, 6.07) is 14.4. The Labute approximate surface area is 213 Å². The minimum Gasteiger partial charge on any atom is -0.494 e. The first-order chi connectivity index (χ1) is 17.5. The molecule has 192 valence electrons. The number of benzene rings is 2. The van der Waals surface area contributed by atoms with E-state index in [1.807, 2.05) is 24.3 Å². The van der Waals surface area contributed by atoms with Crippen LogP contribution in [0.15, 0.2) is 62.9 Å². The Balaban J connectivity index is 1.50. The minimum atomic E-state index is -3.81. The summed E-state index contributed by atoms with van der Waals surface area (Å²) in [6.45, 7) is 3.00. The zero-order valence-electron chi connectivity index (χ0n) is 20.7. The second-order valence-corrected chi connectivity index (χ2v) is 10.7. The average Bonchev–Trinajstić information content (AvgIpc) is 3.16. The molecular formula is C27H34N4O4S. The van der Waals surface area contributed by atoms with E-state index in [0.717, 1.165) is 49.8 Å².